The first-order chi connectivity index (χ1) is 10.3. The number of ether oxygens (including phenoxy) is 1. The number of rotatable bonds is 5. The van der Waals surface area contributed by atoms with Gasteiger partial charge >= 0.3 is 0 Å². The molecular formula is C17H17ClN2O. The van der Waals surface area contributed by atoms with Crippen molar-refractivity contribution in [2.24, 2.45) is 0 Å². The number of halogens is 1. The first kappa shape index (κ1) is 13.8. The van der Waals surface area contributed by atoms with E-state index < -0.39 is 0 Å². The fraction of sp³-hybridized carbons (Fsp3) is 0.176. The van der Waals surface area contributed by atoms with E-state index in [-0.39, 0.29) is 0 Å². The predicted octanol–water partition coefficient (Wildman–Crippen LogP) is 3.41. The Morgan fingerprint density at radius 1 is 1.05 bits per heavy atom. The van der Waals surface area contributed by atoms with Crippen molar-refractivity contribution in [1.82, 2.24) is 10.6 Å². The van der Waals surface area contributed by atoms with Gasteiger partial charge in [-0.2, -0.15) is 0 Å². The number of nitrogens with one attached hydrogen (secondary N) is 2. The summed E-state index contributed by atoms with van der Waals surface area (Å²) >= 11 is 6.09. The molecule has 3 nitrogen and oxygen atoms in total. The first-order valence-corrected chi connectivity index (χ1v) is 7.35. The Kier molecular flexibility index (Phi) is 4.31. The molecular weight excluding hydrogens is 284 g/mol. The fourth-order valence-corrected chi connectivity index (χ4v) is 2.55. The maximum absolute atomic E-state index is 6.09. The van der Waals surface area contributed by atoms with Crippen LogP contribution in [0.4, 0.5) is 0 Å². The molecule has 0 fully saturated rings. The van der Waals surface area contributed by atoms with Gasteiger partial charge in [0.25, 0.3) is 0 Å². The molecule has 0 saturated carbocycles. The highest BCUT2D eigenvalue weighted by Crippen LogP contribution is 2.24. The van der Waals surface area contributed by atoms with Crippen molar-refractivity contribution in [1.29, 1.82) is 0 Å². The van der Waals surface area contributed by atoms with E-state index in [1.54, 1.807) is 0 Å². The third-order valence-electron chi connectivity index (χ3n) is 3.40. The molecule has 3 rings (SSSR count). The molecule has 0 amide bonds. The molecule has 108 valence electrons. The van der Waals surface area contributed by atoms with Gasteiger partial charge in [-0.15, -0.1) is 0 Å². The molecule has 0 bridgehead atoms. The number of benzene rings is 2. The van der Waals surface area contributed by atoms with Crippen molar-refractivity contribution < 1.29 is 4.74 Å². The average molecular weight is 301 g/mol. The molecule has 0 spiro atoms. The number of para-hydroxylation sites is 1. The lowest BCUT2D eigenvalue weighted by Crippen LogP contribution is -2.14. The van der Waals surface area contributed by atoms with E-state index in [2.05, 4.69) is 34.9 Å². The van der Waals surface area contributed by atoms with Crippen molar-refractivity contribution in [2.45, 2.75) is 6.42 Å². The molecule has 0 aromatic heterocycles. The van der Waals surface area contributed by atoms with Gasteiger partial charge in [0.15, 0.2) is 0 Å². The summed E-state index contributed by atoms with van der Waals surface area (Å²) in [6, 6.07) is 15.9. The Labute approximate surface area is 129 Å². The molecule has 0 atom stereocenters. The molecule has 0 radical (unpaired) electrons. The van der Waals surface area contributed by atoms with Crippen LogP contribution in [0, 0.1) is 0 Å². The van der Waals surface area contributed by atoms with Crippen molar-refractivity contribution in [3.8, 4) is 5.75 Å². The Morgan fingerprint density at radius 2 is 1.86 bits per heavy atom. The molecule has 2 N–H and O–H groups in total. The molecule has 1 aliphatic rings. The summed E-state index contributed by atoms with van der Waals surface area (Å²) in [7, 11) is 0. The summed E-state index contributed by atoms with van der Waals surface area (Å²) < 4.78 is 5.77. The molecule has 1 aliphatic heterocycles. The summed E-state index contributed by atoms with van der Waals surface area (Å²) in [6.07, 6.45) is 2.84. The van der Waals surface area contributed by atoms with Crippen molar-refractivity contribution in [3.05, 3.63) is 70.9 Å². The zero-order valence-electron chi connectivity index (χ0n) is 11.6. The van der Waals surface area contributed by atoms with E-state index in [1.165, 1.54) is 11.1 Å². The van der Waals surface area contributed by atoms with Gasteiger partial charge < -0.3 is 15.4 Å². The lowest BCUT2D eigenvalue weighted by molar-refractivity contribution is 0.322. The van der Waals surface area contributed by atoms with Crippen LogP contribution in [0.25, 0.3) is 5.70 Å². The molecule has 0 unspecified atom stereocenters. The van der Waals surface area contributed by atoms with Gasteiger partial charge in [0, 0.05) is 18.2 Å². The van der Waals surface area contributed by atoms with Crippen molar-refractivity contribution in [3.63, 3.8) is 0 Å². The van der Waals surface area contributed by atoms with Crippen LogP contribution >= 0.6 is 11.6 Å². The first-order valence-electron chi connectivity index (χ1n) is 6.97. The average Bonchev–Trinajstić information content (AvgIpc) is 3.04. The lowest BCUT2D eigenvalue weighted by atomic mass is 10.0. The topological polar surface area (TPSA) is 33.3 Å². The Bertz CT molecular complexity index is 655. The van der Waals surface area contributed by atoms with Gasteiger partial charge in [0.2, 0.25) is 0 Å². The van der Waals surface area contributed by atoms with Crippen LogP contribution in [0.1, 0.15) is 11.1 Å². The minimum absolute atomic E-state index is 0.599. The van der Waals surface area contributed by atoms with Crippen molar-refractivity contribution >= 4 is 17.3 Å². The minimum atomic E-state index is 0.599. The molecule has 4 heteroatoms. The van der Waals surface area contributed by atoms with Crippen LogP contribution in [-0.2, 0) is 6.42 Å². The highest BCUT2D eigenvalue weighted by Gasteiger charge is 2.10. The van der Waals surface area contributed by atoms with E-state index in [0.29, 0.717) is 11.6 Å². The predicted molar refractivity (Wildman–Crippen MR) is 86.2 cm³/mol. The second kappa shape index (κ2) is 6.55. The van der Waals surface area contributed by atoms with E-state index in [4.69, 9.17) is 16.3 Å². The molecule has 21 heavy (non-hydrogen) atoms. The smallest absolute Gasteiger partial charge is 0.137 e. The van der Waals surface area contributed by atoms with Gasteiger partial charge in [-0.3, -0.25) is 0 Å². The van der Waals surface area contributed by atoms with Gasteiger partial charge in [0.05, 0.1) is 24.0 Å². The second-order valence-corrected chi connectivity index (χ2v) is 5.21. The minimum Gasteiger partial charge on any atom is -0.492 e. The highest BCUT2D eigenvalue weighted by molar-refractivity contribution is 6.32. The quantitative estimate of drug-likeness (QED) is 0.888. The van der Waals surface area contributed by atoms with Crippen LogP contribution in [0.15, 0.2) is 54.7 Å². The van der Waals surface area contributed by atoms with Gasteiger partial charge in [-0.25, -0.2) is 0 Å². The summed E-state index contributed by atoms with van der Waals surface area (Å²) in [4.78, 5) is 0. The van der Waals surface area contributed by atoms with Gasteiger partial charge in [-0.1, -0.05) is 48.0 Å². The summed E-state index contributed by atoms with van der Waals surface area (Å²) in [5.74, 6) is 0.733. The molecule has 1 heterocycles. The summed E-state index contributed by atoms with van der Waals surface area (Å²) in [5, 5.41) is 7.13. The normalized spacial score (nSPS) is 13.3. The third kappa shape index (κ3) is 3.31. The van der Waals surface area contributed by atoms with E-state index in [9.17, 15) is 0 Å². The van der Waals surface area contributed by atoms with E-state index >= 15 is 0 Å². The summed E-state index contributed by atoms with van der Waals surface area (Å²) in [5.41, 5.74) is 3.60. The molecule has 0 aliphatic carbocycles. The zero-order chi connectivity index (χ0) is 14.5. The SMILES string of the molecule is Clc1ccccc1OCCc1ccccc1C1=CNCN1. The van der Waals surface area contributed by atoms with Gasteiger partial charge in [0.1, 0.15) is 5.75 Å². The Morgan fingerprint density at radius 3 is 2.67 bits per heavy atom. The Hall–Kier alpha value is -2.13. The third-order valence-corrected chi connectivity index (χ3v) is 3.71. The monoisotopic (exact) mass is 300 g/mol. The second-order valence-electron chi connectivity index (χ2n) is 4.80. The van der Waals surface area contributed by atoms with Crippen LogP contribution < -0.4 is 15.4 Å². The van der Waals surface area contributed by atoms with Crippen LogP contribution in [0.3, 0.4) is 0 Å². The van der Waals surface area contributed by atoms with Crippen LogP contribution in [0.5, 0.6) is 5.75 Å². The Balaban J connectivity index is 1.67. The maximum atomic E-state index is 6.09. The standard InChI is InChI=1S/C17H17ClN2O/c18-15-7-3-4-8-17(15)21-10-9-13-5-1-2-6-14(13)16-11-19-12-20-16/h1-8,11,19-20H,9-10,12H2. The zero-order valence-corrected chi connectivity index (χ0v) is 12.4. The van der Waals surface area contributed by atoms with E-state index in [0.717, 1.165) is 24.5 Å². The molecule has 2 aromatic rings. The lowest BCUT2D eigenvalue weighted by Gasteiger charge is -2.12. The molecule has 0 saturated heterocycles. The highest BCUT2D eigenvalue weighted by atomic mass is 35.5. The summed E-state index contributed by atoms with van der Waals surface area (Å²) in [6.45, 7) is 1.38. The van der Waals surface area contributed by atoms with E-state index in [1.807, 2.05) is 30.5 Å². The van der Waals surface area contributed by atoms with Crippen LogP contribution in [0.2, 0.25) is 5.02 Å². The van der Waals surface area contributed by atoms with Crippen LogP contribution in [-0.4, -0.2) is 13.3 Å². The molecule has 2 aromatic carbocycles. The number of hydrogen-bond acceptors (Lipinski definition) is 3. The largest absolute Gasteiger partial charge is 0.492 e. The number of hydrogen-bond donors (Lipinski definition) is 2. The van der Waals surface area contributed by atoms with Crippen molar-refractivity contribution in [2.75, 3.05) is 13.3 Å². The fourth-order valence-electron chi connectivity index (χ4n) is 2.36. The maximum Gasteiger partial charge on any atom is 0.137 e. The van der Waals surface area contributed by atoms with Gasteiger partial charge in [-0.05, 0) is 17.7 Å².